The fourth-order valence-electron chi connectivity index (χ4n) is 6.79. The maximum Gasteiger partial charge on any atom is 0.225 e. The summed E-state index contributed by atoms with van der Waals surface area (Å²) < 4.78 is 78.8. The Hall–Kier alpha value is -1.46. The Morgan fingerprint density at radius 1 is 0.913 bits per heavy atom. The molecule has 0 aliphatic heterocycles. The molecular formula is C30H57F2N5O7S2. The maximum absolute atomic E-state index is 14.3. The second kappa shape index (κ2) is 18.3. The number of carbonyl (C=O) groups excluding carboxylic acids is 2. The minimum Gasteiger partial charge on any atom is -0.390 e. The summed E-state index contributed by atoms with van der Waals surface area (Å²) >= 11 is 0. The molecule has 5 N–H and O–H groups in total. The minimum atomic E-state index is -4.09. The van der Waals surface area contributed by atoms with E-state index in [0.717, 1.165) is 0 Å². The van der Waals surface area contributed by atoms with Crippen LogP contribution in [0.4, 0.5) is 8.78 Å². The lowest BCUT2D eigenvalue weighted by molar-refractivity contribution is -0.138. The number of nitrogens with two attached hydrogens (primary N) is 1. The van der Waals surface area contributed by atoms with Gasteiger partial charge in [0.25, 0.3) is 0 Å². The van der Waals surface area contributed by atoms with Crippen molar-refractivity contribution in [3.63, 3.8) is 0 Å². The summed E-state index contributed by atoms with van der Waals surface area (Å²) in [5.74, 6) is -3.29. The summed E-state index contributed by atoms with van der Waals surface area (Å²) in [5.41, 5.74) is 0. The number of aliphatic hydroxyl groups excluding tert-OH is 1. The van der Waals surface area contributed by atoms with Crippen LogP contribution in [0.15, 0.2) is 0 Å². The number of amides is 2. The molecule has 16 heteroatoms. The van der Waals surface area contributed by atoms with Gasteiger partial charge in [-0.25, -0.2) is 35.8 Å². The number of carbonyl (C=O) groups is 2. The highest BCUT2D eigenvalue weighted by atomic mass is 32.2. The third kappa shape index (κ3) is 13.2. The van der Waals surface area contributed by atoms with E-state index >= 15 is 0 Å². The van der Waals surface area contributed by atoms with Crippen molar-refractivity contribution in [3.8, 4) is 0 Å². The zero-order valence-corrected chi connectivity index (χ0v) is 29.7. The Morgan fingerprint density at radius 3 is 1.98 bits per heavy atom. The molecule has 0 bridgehead atoms. The average molecular weight is 702 g/mol. The molecule has 7 unspecified atom stereocenters. The molecule has 46 heavy (non-hydrogen) atoms. The zero-order chi connectivity index (χ0) is 34.8. The van der Waals surface area contributed by atoms with Crippen LogP contribution in [-0.4, -0.2) is 105 Å². The molecule has 0 radical (unpaired) electrons. The topological polar surface area (TPSA) is 179 Å². The van der Waals surface area contributed by atoms with Gasteiger partial charge in [0.1, 0.15) is 12.3 Å². The lowest BCUT2D eigenvalue weighted by Crippen LogP contribution is -2.55. The molecule has 0 saturated heterocycles. The summed E-state index contributed by atoms with van der Waals surface area (Å²) in [6.07, 6.45) is -2.77. The van der Waals surface area contributed by atoms with Crippen LogP contribution in [0.3, 0.4) is 0 Å². The van der Waals surface area contributed by atoms with E-state index in [0.29, 0.717) is 25.9 Å². The Labute approximate surface area is 274 Å². The lowest BCUT2D eigenvalue weighted by Gasteiger charge is -2.37. The number of hydrogen-bond donors (Lipinski definition) is 4. The largest absolute Gasteiger partial charge is 0.390 e. The Balaban J connectivity index is 2.32. The number of nitrogens with zero attached hydrogens (tertiary/aromatic N) is 2. The number of rotatable bonds is 18. The summed E-state index contributed by atoms with van der Waals surface area (Å²) in [6, 6.07) is -1.03. The minimum absolute atomic E-state index is 0.00272. The van der Waals surface area contributed by atoms with Crippen LogP contribution in [0.25, 0.3) is 0 Å². The van der Waals surface area contributed by atoms with Crippen molar-refractivity contribution < 1.29 is 40.3 Å². The van der Waals surface area contributed by atoms with Gasteiger partial charge < -0.3 is 15.3 Å². The van der Waals surface area contributed by atoms with Crippen molar-refractivity contribution in [2.24, 2.45) is 28.8 Å². The molecule has 0 aromatic heterocycles. The molecule has 270 valence electrons. The zero-order valence-electron chi connectivity index (χ0n) is 28.0. The van der Waals surface area contributed by atoms with E-state index in [1.165, 1.54) is 5.01 Å². The van der Waals surface area contributed by atoms with Gasteiger partial charge >= 0.3 is 0 Å². The van der Waals surface area contributed by atoms with E-state index in [9.17, 15) is 40.3 Å². The SMILES string of the molecule is CCCN(CCC)C(=O)C1CC(C(=O)NC(CC2CC(F)CC(F)C2)C(O)CN(CC)NS(=O)(=O)CC(C)C)CC(S(N)(=O)=O)C1. The van der Waals surface area contributed by atoms with Crippen LogP contribution in [0.2, 0.25) is 0 Å². The van der Waals surface area contributed by atoms with Gasteiger partial charge in [-0.15, -0.1) is 4.83 Å². The predicted molar refractivity (Wildman–Crippen MR) is 174 cm³/mol. The van der Waals surface area contributed by atoms with Crippen molar-refractivity contribution in [1.82, 2.24) is 20.1 Å². The van der Waals surface area contributed by atoms with Crippen molar-refractivity contribution in [2.75, 3.05) is 31.9 Å². The summed E-state index contributed by atoms with van der Waals surface area (Å²) in [4.78, 5) is 31.4. The van der Waals surface area contributed by atoms with Gasteiger partial charge in [-0.2, -0.15) is 0 Å². The van der Waals surface area contributed by atoms with Crippen molar-refractivity contribution in [2.45, 2.75) is 122 Å². The van der Waals surface area contributed by atoms with Crippen molar-refractivity contribution >= 4 is 31.9 Å². The number of alkyl halides is 2. The van der Waals surface area contributed by atoms with Crippen LogP contribution in [0.5, 0.6) is 0 Å². The number of halogens is 2. The first-order valence-electron chi connectivity index (χ1n) is 16.7. The standard InChI is InChI=1S/C30H57F2N5O7S2/c1-6-9-36(10-7-2)30(40)23-14-22(15-26(16-23)46(33,43)44)29(39)34-27(13-21-11-24(31)17-25(32)12-21)28(38)18-37(8-3)35-45(41,42)19-20(4)5/h20-28,35,38H,6-19H2,1-5H3,(H,34,39)(H2,33,43,44). The van der Waals surface area contributed by atoms with Gasteiger partial charge in [-0.05, 0) is 63.2 Å². The van der Waals surface area contributed by atoms with Crippen LogP contribution >= 0.6 is 0 Å². The molecule has 0 heterocycles. The van der Waals surface area contributed by atoms with Gasteiger partial charge in [-0.3, -0.25) is 9.59 Å². The van der Waals surface area contributed by atoms with Crippen LogP contribution in [-0.2, 0) is 29.6 Å². The molecule has 0 aromatic carbocycles. The number of hydrazine groups is 1. The molecule has 2 fully saturated rings. The first-order chi connectivity index (χ1) is 21.4. The smallest absolute Gasteiger partial charge is 0.225 e. The molecule has 7 atom stereocenters. The van der Waals surface area contributed by atoms with E-state index in [-0.39, 0.29) is 75.6 Å². The first-order valence-corrected chi connectivity index (χ1v) is 20.0. The summed E-state index contributed by atoms with van der Waals surface area (Å²) in [5, 5.41) is 19.9. The van der Waals surface area contributed by atoms with Crippen molar-refractivity contribution in [1.29, 1.82) is 0 Å². The quantitative estimate of drug-likeness (QED) is 0.157. The molecule has 12 nitrogen and oxygen atoms in total. The number of aliphatic hydroxyl groups is 1. The van der Waals surface area contributed by atoms with Crippen LogP contribution < -0.4 is 15.3 Å². The number of hydrogen-bond acceptors (Lipinski definition) is 8. The second-order valence-corrected chi connectivity index (χ2v) is 17.2. The van der Waals surface area contributed by atoms with E-state index in [1.54, 1.807) is 25.7 Å². The average Bonchev–Trinajstić information content (AvgIpc) is 2.93. The highest BCUT2D eigenvalue weighted by Gasteiger charge is 2.43. The van der Waals surface area contributed by atoms with E-state index < -0.39 is 73.4 Å². The molecule has 2 amide bonds. The van der Waals surface area contributed by atoms with Crippen molar-refractivity contribution in [3.05, 3.63) is 0 Å². The number of nitrogens with one attached hydrogen (secondary N) is 2. The Kier molecular flexibility index (Phi) is 16.2. The molecule has 2 rings (SSSR count). The van der Waals surface area contributed by atoms with E-state index in [1.807, 2.05) is 13.8 Å². The van der Waals surface area contributed by atoms with Crippen LogP contribution in [0.1, 0.15) is 92.4 Å². The summed E-state index contributed by atoms with van der Waals surface area (Å²) in [7, 11) is -7.81. The molecule has 0 spiro atoms. The van der Waals surface area contributed by atoms with Gasteiger partial charge in [0.05, 0.1) is 23.1 Å². The third-order valence-corrected chi connectivity index (χ3v) is 11.8. The molecule has 0 aromatic rings. The first kappa shape index (κ1) is 40.7. The van der Waals surface area contributed by atoms with E-state index in [2.05, 4.69) is 10.1 Å². The van der Waals surface area contributed by atoms with Gasteiger partial charge in [0.15, 0.2) is 0 Å². The molecule has 2 aliphatic rings. The van der Waals surface area contributed by atoms with Gasteiger partial charge in [0.2, 0.25) is 31.9 Å². The van der Waals surface area contributed by atoms with Crippen LogP contribution in [0, 0.1) is 23.7 Å². The monoisotopic (exact) mass is 701 g/mol. The molecular weight excluding hydrogens is 644 g/mol. The third-order valence-electron chi connectivity index (χ3n) is 8.83. The number of primary sulfonamides is 1. The molecule has 2 saturated carbocycles. The fraction of sp³-hybridized carbons (Fsp3) is 0.933. The van der Waals surface area contributed by atoms with E-state index in [4.69, 9.17) is 5.14 Å². The Morgan fingerprint density at radius 2 is 1.48 bits per heavy atom. The highest BCUT2D eigenvalue weighted by molar-refractivity contribution is 7.89. The normalized spacial score (nSPS) is 27.4. The lowest BCUT2D eigenvalue weighted by atomic mass is 9.79. The second-order valence-electron chi connectivity index (χ2n) is 13.6. The maximum atomic E-state index is 14.3. The number of sulfonamides is 2. The van der Waals surface area contributed by atoms with Gasteiger partial charge in [-0.1, -0.05) is 34.6 Å². The number of likely N-dealkylation sites (N-methyl/N-ethyl adjacent to an activating group) is 1. The fourth-order valence-corrected chi connectivity index (χ4v) is 9.34. The molecule has 2 aliphatic carbocycles. The predicted octanol–water partition coefficient (Wildman–Crippen LogP) is 2.23. The highest BCUT2D eigenvalue weighted by Crippen LogP contribution is 2.35. The van der Waals surface area contributed by atoms with Gasteiger partial charge in [0, 0.05) is 44.4 Å². The Bertz CT molecular complexity index is 1180. The summed E-state index contributed by atoms with van der Waals surface area (Å²) in [6.45, 7) is 10.0.